The van der Waals surface area contributed by atoms with Crippen molar-refractivity contribution in [2.45, 2.75) is 25.4 Å². The van der Waals surface area contributed by atoms with Crippen LogP contribution < -0.4 is 0 Å². The average Bonchev–Trinajstić information content (AvgIpc) is 2.77. The second kappa shape index (κ2) is 3.71. The van der Waals surface area contributed by atoms with Crippen molar-refractivity contribution in [3.8, 4) is 0 Å². The topological polar surface area (TPSA) is 20.2 Å². The van der Waals surface area contributed by atoms with E-state index < -0.39 is 6.10 Å². The van der Waals surface area contributed by atoms with Crippen molar-refractivity contribution in [2.75, 3.05) is 0 Å². The number of halogens is 2. The Morgan fingerprint density at radius 1 is 1.22 bits per heavy atom. The van der Waals surface area contributed by atoms with Crippen molar-refractivity contribution in [1.82, 2.24) is 0 Å². The van der Waals surface area contributed by atoms with Crippen LogP contribution in [-0.4, -0.2) is 5.11 Å². The molecule has 96 valence electrons. The Morgan fingerprint density at radius 3 is 2.50 bits per heavy atom. The molecule has 5 unspecified atom stereocenters. The van der Waals surface area contributed by atoms with Crippen LogP contribution in [0.1, 0.15) is 30.9 Å². The molecule has 3 heteroatoms. The molecule has 0 spiro atoms. The summed E-state index contributed by atoms with van der Waals surface area (Å²) < 4.78 is 13.8. The van der Waals surface area contributed by atoms with Crippen LogP contribution >= 0.6 is 11.6 Å². The van der Waals surface area contributed by atoms with Gasteiger partial charge in [-0.15, -0.1) is 0 Å². The molecule has 1 N–H and O–H groups in total. The number of fused-ring (bicyclic) bond motifs is 5. The van der Waals surface area contributed by atoms with Crippen LogP contribution in [0, 0.1) is 35.4 Å². The van der Waals surface area contributed by atoms with Crippen molar-refractivity contribution >= 4 is 11.6 Å². The van der Waals surface area contributed by atoms with E-state index in [0.717, 1.165) is 11.8 Å². The average molecular weight is 267 g/mol. The molecular formula is C15H16ClFO. The SMILES string of the molecule is OC(c1ccc(Cl)cc1F)C1C2C3CCC(C3)C21. The van der Waals surface area contributed by atoms with Crippen LogP contribution in [-0.2, 0) is 0 Å². The molecule has 2 bridgehead atoms. The van der Waals surface area contributed by atoms with Gasteiger partial charge in [0.1, 0.15) is 5.82 Å². The van der Waals surface area contributed by atoms with Crippen LogP contribution in [0.15, 0.2) is 18.2 Å². The van der Waals surface area contributed by atoms with Crippen molar-refractivity contribution in [3.63, 3.8) is 0 Å². The highest BCUT2D eigenvalue weighted by Crippen LogP contribution is 2.72. The van der Waals surface area contributed by atoms with E-state index in [1.807, 2.05) is 0 Å². The molecule has 3 saturated carbocycles. The quantitative estimate of drug-likeness (QED) is 0.863. The van der Waals surface area contributed by atoms with Crippen molar-refractivity contribution in [3.05, 3.63) is 34.6 Å². The van der Waals surface area contributed by atoms with E-state index in [0.29, 0.717) is 28.3 Å². The molecule has 1 nitrogen and oxygen atoms in total. The van der Waals surface area contributed by atoms with Crippen LogP contribution in [0.25, 0.3) is 0 Å². The summed E-state index contributed by atoms with van der Waals surface area (Å²) in [5.41, 5.74) is 0.429. The smallest absolute Gasteiger partial charge is 0.130 e. The second-order valence-electron chi connectivity index (χ2n) is 6.18. The molecule has 5 atom stereocenters. The molecule has 0 amide bonds. The number of hydrogen-bond acceptors (Lipinski definition) is 1. The summed E-state index contributed by atoms with van der Waals surface area (Å²) >= 11 is 5.75. The minimum atomic E-state index is -0.638. The van der Waals surface area contributed by atoms with Gasteiger partial charge in [0.05, 0.1) is 6.10 Å². The fourth-order valence-corrected chi connectivity index (χ4v) is 4.92. The first-order valence-electron chi connectivity index (χ1n) is 6.80. The van der Waals surface area contributed by atoms with Gasteiger partial charge in [-0.1, -0.05) is 17.7 Å². The largest absolute Gasteiger partial charge is 0.388 e. The van der Waals surface area contributed by atoms with E-state index in [1.165, 1.54) is 25.3 Å². The Hall–Kier alpha value is -0.600. The second-order valence-corrected chi connectivity index (χ2v) is 6.61. The summed E-state index contributed by atoms with van der Waals surface area (Å²) in [7, 11) is 0. The molecule has 0 heterocycles. The van der Waals surface area contributed by atoms with Crippen LogP contribution in [0.3, 0.4) is 0 Å². The Balaban J connectivity index is 1.60. The summed E-state index contributed by atoms with van der Waals surface area (Å²) in [6.07, 6.45) is 3.35. The number of aliphatic hydroxyl groups excluding tert-OH is 1. The van der Waals surface area contributed by atoms with Gasteiger partial charge in [-0.25, -0.2) is 4.39 Å². The van der Waals surface area contributed by atoms with E-state index in [4.69, 9.17) is 11.6 Å². The highest BCUT2D eigenvalue weighted by molar-refractivity contribution is 6.30. The third-order valence-corrected chi connectivity index (χ3v) is 5.68. The lowest BCUT2D eigenvalue weighted by Gasteiger charge is -2.16. The summed E-state index contributed by atoms with van der Waals surface area (Å²) in [6, 6.07) is 4.60. The standard InChI is InChI=1S/C15H16ClFO/c16-9-3-4-10(11(17)6-9)15(18)14-12-7-1-2-8(5-7)13(12)14/h3-4,6-8,12-15,18H,1-2,5H2. The van der Waals surface area contributed by atoms with Gasteiger partial charge in [0.2, 0.25) is 0 Å². The summed E-state index contributed by atoms with van der Waals surface area (Å²) in [5, 5.41) is 10.8. The fourth-order valence-electron chi connectivity index (χ4n) is 4.76. The van der Waals surface area contributed by atoms with Gasteiger partial charge in [-0.3, -0.25) is 0 Å². The Morgan fingerprint density at radius 2 is 1.89 bits per heavy atom. The van der Waals surface area contributed by atoms with Crippen LogP contribution in [0.5, 0.6) is 0 Å². The third-order valence-electron chi connectivity index (χ3n) is 5.44. The van der Waals surface area contributed by atoms with Crippen molar-refractivity contribution < 1.29 is 9.50 Å². The highest BCUT2D eigenvalue weighted by atomic mass is 35.5. The van der Waals surface area contributed by atoms with Crippen LogP contribution in [0.2, 0.25) is 5.02 Å². The first-order chi connectivity index (χ1) is 8.66. The zero-order valence-electron chi connectivity index (χ0n) is 10.0. The number of rotatable bonds is 2. The molecule has 0 saturated heterocycles. The predicted molar refractivity (Wildman–Crippen MR) is 67.7 cm³/mol. The number of aliphatic hydroxyl groups is 1. The van der Waals surface area contributed by atoms with E-state index >= 15 is 0 Å². The van der Waals surface area contributed by atoms with Gasteiger partial charge in [-0.05, 0) is 61.0 Å². The molecule has 0 aliphatic heterocycles. The summed E-state index contributed by atoms with van der Waals surface area (Å²) in [5.74, 6) is 2.85. The Labute approximate surface area is 111 Å². The molecule has 4 rings (SSSR count). The predicted octanol–water partition coefficient (Wildman–Crippen LogP) is 3.80. The Kier molecular flexibility index (Phi) is 2.31. The molecule has 0 radical (unpaired) electrons. The van der Waals surface area contributed by atoms with Gasteiger partial charge in [0.25, 0.3) is 0 Å². The van der Waals surface area contributed by atoms with Gasteiger partial charge < -0.3 is 5.11 Å². The van der Waals surface area contributed by atoms with Crippen molar-refractivity contribution in [1.29, 1.82) is 0 Å². The van der Waals surface area contributed by atoms with Gasteiger partial charge in [0.15, 0.2) is 0 Å². The highest BCUT2D eigenvalue weighted by Gasteiger charge is 2.66. The normalized spacial score (nSPS) is 41.8. The molecular weight excluding hydrogens is 251 g/mol. The van der Waals surface area contributed by atoms with Gasteiger partial charge in [0, 0.05) is 10.6 Å². The van der Waals surface area contributed by atoms with E-state index in [-0.39, 0.29) is 5.82 Å². The summed E-state index contributed by atoms with van der Waals surface area (Å²) in [4.78, 5) is 0. The molecule has 3 aliphatic rings. The zero-order chi connectivity index (χ0) is 12.4. The molecule has 1 aromatic carbocycles. The zero-order valence-corrected chi connectivity index (χ0v) is 10.8. The lowest BCUT2D eigenvalue weighted by Crippen LogP contribution is -2.10. The lowest BCUT2D eigenvalue weighted by molar-refractivity contribution is 0.126. The van der Waals surface area contributed by atoms with Gasteiger partial charge in [-0.2, -0.15) is 0 Å². The lowest BCUT2D eigenvalue weighted by atomic mass is 9.95. The van der Waals surface area contributed by atoms with Gasteiger partial charge >= 0.3 is 0 Å². The van der Waals surface area contributed by atoms with Crippen molar-refractivity contribution in [2.24, 2.45) is 29.6 Å². The minimum absolute atomic E-state index is 0.298. The molecule has 1 aromatic rings. The molecule has 3 aliphatic carbocycles. The summed E-state index contributed by atoms with van der Waals surface area (Å²) in [6.45, 7) is 0. The monoisotopic (exact) mass is 266 g/mol. The van der Waals surface area contributed by atoms with E-state index in [9.17, 15) is 9.50 Å². The number of benzene rings is 1. The number of hydrogen-bond donors (Lipinski definition) is 1. The minimum Gasteiger partial charge on any atom is -0.388 e. The maximum absolute atomic E-state index is 13.8. The first kappa shape index (κ1) is 11.2. The molecule has 3 fully saturated rings. The maximum atomic E-state index is 13.8. The fraction of sp³-hybridized carbons (Fsp3) is 0.600. The molecule has 18 heavy (non-hydrogen) atoms. The van der Waals surface area contributed by atoms with E-state index in [1.54, 1.807) is 12.1 Å². The van der Waals surface area contributed by atoms with E-state index in [2.05, 4.69) is 0 Å². The third kappa shape index (κ3) is 1.42. The molecule has 0 aromatic heterocycles. The Bertz CT molecular complexity index is 487. The maximum Gasteiger partial charge on any atom is 0.130 e. The first-order valence-corrected chi connectivity index (χ1v) is 7.17. The van der Waals surface area contributed by atoms with Crippen LogP contribution in [0.4, 0.5) is 4.39 Å².